The van der Waals surface area contributed by atoms with Crippen LogP contribution in [0.15, 0.2) is 42.7 Å². The van der Waals surface area contributed by atoms with Gasteiger partial charge in [0.05, 0.1) is 0 Å². The van der Waals surface area contributed by atoms with Crippen LogP contribution < -0.4 is 10.6 Å². The van der Waals surface area contributed by atoms with Gasteiger partial charge in [-0.3, -0.25) is 4.68 Å². The van der Waals surface area contributed by atoms with E-state index >= 15 is 0 Å². The fourth-order valence-corrected chi connectivity index (χ4v) is 2.91. The van der Waals surface area contributed by atoms with E-state index in [1.807, 2.05) is 35.3 Å². The summed E-state index contributed by atoms with van der Waals surface area (Å²) in [5.74, 6) is 0.823. The number of nitrogens with zero attached hydrogens (tertiary/aromatic N) is 3. The fraction of sp³-hybridized carbons (Fsp3) is 0.438. The van der Waals surface area contributed by atoms with Gasteiger partial charge >= 0.3 is 0 Å². The highest BCUT2D eigenvalue weighted by molar-refractivity contribution is 5.53. The van der Waals surface area contributed by atoms with Crippen LogP contribution in [-0.4, -0.2) is 22.9 Å². The smallest absolute Gasteiger partial charge is 0.0489 e. The highest BCUT2D eigenvalue weighted by Gasteiger charge is 2.19. The molecule has 0 radical (unpaired) electrons. The normalized spacial score (nSPS) is 16.5. The average molecular weight is 270 g/mol. The molecule has 1 aliphatic heterocycles. The van der Waals surface area contributed by atoms with Crippen molar-refractivity contribution in [2.75, 3.05) is 23.7 Å². The largest absolute Gasteiger partial charge is 0.399 e. The molecule has 2 N–H and O–H groups in total. The van der Waals surface area contributed by atoms with Gasteiger partial charge in [-0.25, -0.2) is 0 Å². The third-order valence-electron chi connectivity index (χ3n) is 4.20. The molecule has 0 unspecified atom stereocenters. The Morgan fingerprint density at radius 1 is 1.15 bits per heavy atom. The van der Waals surface area contributed by atoms with Gasteiger partial charge in [0.2, 0.25) is 0 Å². The SMILES string of the molecule is Nc1ccc(N2CCC(CCn3cccn3)CC2)cc1. The third-order valence-corrected chi connectivity index (χ3v) is 4.20. The van der Waals surface area contributed by atoms with Crippen molar-refractivity contribution < 1.29 is 0 Å². The molecule has 20 heavy (non-hydrogen) atoms. The Bertz CT molecular complexity index is 510. The highest BCUT2D eigenvalue weighted by atomic mass is 15.3. The van der Waals surface area contributed by atoms with Crippen molar-refractivity contribution >= 4 is 11.4 Å². The zero-order valence-electron chi connectivity index (χ0n) is 11.8. The fourth-order valence-electron chi connectivity index (χ4n) is 2.91. The van der Waals surface area contributed by atoms with Gasteiger partial charge < -0.3 is 10.6 Å². The number of hydrogen-bond donors (Lipinski definition) is 1. The van der Waals surface area contributed by atoms with Crippen LogP contribution in [0.2, 0.25) is 0 Å². The molecule has 2 heterocycles. The Morgan fingerprint density at radius 2 is 1.90 bits per heavy atom. The molecule has 0 spiro atoms. The number of aromatic nitrogens is 2. The minimum Gasteiger partial charge on any atom is -0.399 e. The van der Waals surface area contributed by atoms with Crippen LogP contribution in [0.25, 0.3) is 0 Å². The lowest BCUT2D eigenvalue weighted by molar-refractivity contribution is 0.354. The molecule has 1 aromatic heterocycles. The summed E-state index contributed by atoms with van der Waals surface area (Å²) in [6.45, 7) is 3.33. The minimum absolute atomic E-state index is 0.823. The molecule has 1 saturated heterocycles. The number of aryl methyl sites for hydroxylation is 1. The molecule has 1 aliphatic rings. The van der Waals surface area contributed by atoms with Crippen LogP contribution in [-0.2, 0) is 6.54 Å². The van der Waals surface area contributed by atoms with Crippen LogP contribution in [0.1, 0.15) is 19.3 Å². The molecule has 0 atom stereocenters. The Labute approximate surface area is 120 Å². The molecular weight excluding hydrogens is 248 g/mol. The molecule has 3 rings (SSSR count). The van der Waals surface area contributed by atoms with Crippen LogP contribution >= 0.6 is 0 Å². The first kappa shape index (κ1) is 13.0. The van der Waals surface area contributed by atoms with Gasteiger partial charge in [-0.05, 0) is 55.5 Å². The summed E-state index contributed by atoms with van der Waals surface area (Å²) in [6, 6.07) is 10.2. The standard InChI is InChI=1S/C16H22N4/c17-15-2-4-16(5-3-15)19-11-6-14(7-12-19)8-13-20-10-1-9-18-20/h1-5,9-10,14H,6-8,11-13,17H2. The van der Waals surface area contributed by atoms with Crippen LogP contribution in [0, 0.1) is 5.92 Å². The molecule has 1 aromatic carbocycles. The number of benzene rings is 1. The van der Waals surface area contributed by atoms with Gasteiger partial charge in [0, 0.05) is 43.4 Å². The van der Waals surface area contributed by atoms with E-state index in [9.17, 15) is 0 Å². The molecular formula is C16H22N4. The lowest BCUT2D eigenvalue weighted by Gasteiger charge is -2.33. The summed E-state index contributed by atoms with van der Waals surface area (Å²) in [5, 5.41) is 4.27. The van der Waals surface area contributed by atoms with Crippen LogP contribution in [0.3, 0.4) is 0 Å². The summed E-state index contributed by atoms with van der Waals surface area (Å²) in [5.41, 5.74) is 7.87. The van der Waals surface area contributed by atoms with E-state index in [2.05, 4.69) is 22.1 Å². The molecule has 2 aromatic rings. The predicted octanol–water partition coefficient (Wildman–Crippen LogP) is 2.77. The quantitative estimate of drug-likeness (QED) is 0.869. The molecule has 0 saturated carbocycles. The summed E-state index contributed by atoms with van der Waals surface area (Å²) < 4.78 is 2.03. The monoisotopic (exact) mass is 270 g/mol. The van der Waals surface area contributed by atoms with E-state index in [1.165, 1.54) is 24.9 Å². The van der Waals surface area contributed by atoms with Gasteiger partial charge in [-0.2, -0.15) is 5.10 Å². The minimum atomic E-state index is 0.823. The molecule has 1 fully saturated rings. The van der Waals surface area contributed by atoms with Gasteiger partial charge in [-0.1, -0.05) is 0 Å². The Kier molecular flexibility index (Phi) is 3.90. The van der Waals surface area contributed by atoms with E-state index in [0.29, 0.717) is 0 Å². The summed E-state index contributed by atoms with van der Waals surface area (Å²) >= 11 is 0. The van der Waals surface area contributed by atoms with Crippen LogP contribution in [0.4, 0.5) is 11.4 Å². The van der Waals surface area contributed by atoms with Crippen molar-refractivity contribution in [3.8, 4) is 0 Å². The number of nitrogens with two attached hydrogens (primary N) is 1. The first-order chi connectivity index (χ1) is 9.81. The van der Waals surface area contributed by atoms with Gasteiger partial charge in [0.25, 0.3) is 0 Å². The zero-order valence-corrected chi connectivity index (χ0v) is 11.8. The Morgan fingerprint density at radius 3 is 2.55 bits per heavy atom. The molecule has 0 bridgehead atoms. The number of nitrogen functional groups attached to an aromatic ring is 1. The number of hydrogen-bond acceptors (Lipinski definition) is 3. The second kappa shape index (κ2) is 5.99. The van der Waals surface area contributed by atoms with E-state index in [-0.39, 0.29) is 0 Å². The second-order valence-corrected chi connectivity index (χ2v) is 5.58. The molecule has 106 valence electrons. The van der Waals surface area contributed by atoms with E-state index in [0.717, 1.165) is 31.2 Å². The first-order valence-electron chi connectivity index (χ1n) is 7.39. The van der Waals surface area contributed by atoms with Gasteiger partial charge in [-0.15, -0.1) is 0 Å². The summed E-state index contributed by atoms with van der Waals surface area (Å²) in [7, 11) is 0. The maximum Gasteiger partial charge on any atom is 0.0489 e. The van der Waals surface area contributed by atoms with Crippen molar-refractivity contribution in [2.24, 2.45) is 5.92 Å². The highest BCUT2D eigenvalue weighted by Crippen LogP contribution is 2.26. The van der Waals surface area contributed by atoms with Crippen molar-refractivity contribution in [1.29, 1.82) is 0 Å². The topological polar surface area (TPSA) is 47.1 Å². The van der Waals surface area contributed by atoms with E-state index in [4.69, 9.17) is 5.73 Å². The number of rotatable bonds is 4. The van der Waals surface area contributed by atoms with Gasteiger partial charge in [0.15, 0.2) is 0 Å². The molecule has 0 aliphatic carbocycles. The first-order valence-corrected chi connectivity index (χ1v) is 7.39. The lowest BCUT2D eigenvalue weighted by Crippen LogP contribution is -2.33. The van der Waals surface area contributed by atoms with E-state index < -0.39 is 0 Å². The average Bonchev–Trinajstić information content (AvgIpc) is 3.00. The lowest BCUT2D eigenvalue weighted by atomic mass is 9.93. The summed E-state index contributed by atoms with van der Waals surface area (Å²) in [6.07, 6.45) is 7.67. The predicted molar refractivity (Wildman–Crippen MR) is 82.6 cm³/mol. The van der Waals surface area contributed by atoms with Gasteiger partial charge in [0.1, 0.15) is 0 Å². The van der Waals surface area contributed by atoms with Crippen LogP contribution in [0.5, 0.6) is 0 Å². The number of anilines is 2. The number of piperidine rings is 1. The maximum atomic E-state index is 5.74. The third kappa shape index (κ3) is 3.13. The Balaban J connectivity index is 1.48. The summed E-state index contributed by atoms with van der Waals surface area (Å²) in [4.78, 5) is 2.46. The molecule has 4 nitrogen and oxygen atoms in total. The molecule has 0 amide bonds. The van der Waals surface area contributed by atoms with Crippen molar-refractivity contribution in [3.63, 3.8) is 0 Å². The molecule has 4 heteroatoms. The zero-order chi connectivity index (χ0) is 13.8. The van der Waals surface area contributed by atoms with Crippen molar-refractivity contribution in [1.82, 2.24) is 9.78 Å². The van der Waals surface area contributed by atoms with Crippen molar-refractivity contribution in [2.45, 2.75) is 25.8 Å². The van der Waals surface area contributed by atoms with E-state index in [1.54, 1.807) is 0 Å². The second-order valence-electron chi connectivity index (χ2n) is 5.58. The Hall–Kier alpha value is -1.97. The van der Waals surface area contributed by atoms with Crippen molar-refractivity contribution in [3.05, 3.63) is 42.7 Å². The maximum absolute atomic E-state index is 5.74.